The summed E-state index contributed by atoms with van der Waals surface area (Å²) in [6.45, 7) is 0. The Hall–Kier alpha value is -1.14. The number of H-pyrrole nitrogens is 1. The number of nitrogens with two attached hydrogens (primary N) is 1. The molecule has 0 aliphatic heterocycles. The highest BCUT2D eigenvalue weighted by Gasteiger charge is 2.12. The van der Waals surface area contributed by atoms with E-state index in [9.17, 15) is 9.59 Å². The summed E-state index contributed by atoms with van der Waals surface area (Å²) in [6.07, 6.45) is 0.193. The first-order valence-electron chi connectivity index (χ1n) is 3.25. The molecule has 1 heterocycles. The topological polar surface area (TPSA) is 96.2 Å². The van der Waals surface area contributed by atoms with Gasteiger partial charge < -0.3 is 10.8 Å². The van der Waals surface area contributed by atoms with Crippen molar-refractivity contribution >= 4 is 17.5 Å². The first-order valence-corrected chi connectivity index (χ1v) is 4.07. The van der Waals surface area contributed by atoms with Gasteiger partial charge in [-0.25, -0.2) is 0 Å². The molecule has 0 spiro atoms. The summed E-state index contributed by atoms with van der Waals surface area (Å²) in [6, 6.07) is 0.421. The molecule has 5 nitrogen and oxygen atoms in total. The molecule has 12 heavy (non-hydrogen) atoms. The van der Waals surface area contributed by atoms with E-state index in [1.807, 2.05) is 0 Å². The summed E-state index contributed by atoms with van der Waals surface area (Å²) in [5.74, 6) is -1.06. The normalized spacial score (nSPS) is 12.8. The van der Waals surface area contributed by atoms with Crippen LogP contribution in [-0.2, 0) is 11.2 Å². The predicted octanol–water partition coefficient (Wildman–Crippen LogP) is -0.609. The number of nitrogens with one attached hydrogen (secondary N) is 1. The van der Waals surface area contributed by atoms with Crippen molar-refractivity contribution in [1.82, 2.24) is 4.37 Å². The number of carboxylic acid groups (broad SMARTS) is 1. The molecule has 1 aromatic rings. The molecule has 0 aliphatic carbocycles. The lowest BCUT2D eigenvalue weighted by Gasteiger charge is -2.01. The number of aliphatic carboxylic acids is 1. The highest BCUT2D eigenvalue weighted by atomic mass is 32.1. The van der Waals surface area contributed by atoms with Crippen LogP contribution in [-0.4, -0.2) is 21.5 Å². The lowest BCUT2D eigenvalue weighted by molar-refractivity contribution is -0.138. The zero-order chi connectivity index (χ0) is 9.14. The van der Waals surface area contributed by atoms with Gasteiger partial charge in [-0.05, 0) is 0 Å². The number of carbonyl (C=O) groups is 1. The van der Waals surface area contributed by atoms with Crippen LogP contribution < -0.4 is 11.3 Å². The van der Waals surface area contributed by atoms with Crippen molar-refractivity contribution in [2.24, 2.45) is 5.73 Å². The van der Waals surface area contributed by atoms with Gasteiger partial charge in [-0.1, -0.05) is 11.5 Å². The maximum atomic E-state index is 10.6. The fourth-order valence-corrected chi connectivity index (χ4v) is 1.45. The molecule has 1 atom stereocenters. The van der Waals surface area contributed by atoms with Crippen molar-refractivity contribution in [2.75, 3.05) is 0 Å². The second-order valence-electron chi connectivity index (χ2n) is 2.33. The van der Waals surface area contributed by atoms with Crippen LogP contribution >= 0.6 is 11.5 Å². The fourth-order valence-electron chi connectivity index (χ4n) is 0.726. The third-order valence-corrected chi connectivity index (χ3v) is 2.16. The van der Waals surface area contributed by atoms with Gasteiger partial charge >= 0.3 is 5.97 Å². The molecule has 0 fully saturated rings. The number of aromatic amines is 1. The Bertz CT molecular complexity index is 330. The molecule has 0 saturated carbocycles. The first-order chi connectivity index (χ1) is 5.59. The highest BCUT2D eigenvalue weighted by molar-refractivity contribution is 7.05. The van der Waals surface area contributed by atoms with E-state index in [0.717, 1.165) is 11.5 Å². The number of aromatic nitrogens is 1. The zero-order valence-corrected chi connectivity index (χ0v) is 6.93. The maximum Gasteiger partial charge on any atom is 0.320 e. The minimum absolute atomic E-state index is 0.193. The number of rotatable bonds is 3. The minimum atomic E-state index is -1.06. The second-order valence-corrected chi connectivity index (χ2v) is 3.26. The molecular weight excluding hydrogens is 180 g/mol. The lowest BCUT2D eigenvalue weighted by atomic mass is 10.2. The summed E-state index contributed by atoms with van der Waals surface area (Å²) in [5.41, 5.74) is 5.03. The Kier molecular flexibility index (Phi) is 2.61. The summed E-state index contributed by atoms with van der Waals surface area (Å²) >= 11 is 1.11. The lowest BCUT2D eigenvalue weighted by Crippen LogP contribution is -2.31. The summed E-state index contributed by atoms with van der Waals surface area (Å²) in [5, 5.41) is 8.44. The van der Waals surface area contributed by atoms with Crippen molar-refractivity contribution in [3.8, 4) is 0 Å². The number of carboxylic acids is 1. The highest BCUT2D eigenvalue weighted by Crippen LogP contribution is 2.03. The molecule has 0 unspecified atom stereocenters. The van der Waals surface area contributed by atoms with E-state index in [0.29, 0.717) is 4.88 Å². The second kappa shape index (κ2) is 3.51. The van der Waals surface area contributed by atoms with E-state index in [1.54, 1.807) is 0 Å². The van der Waals surface area contributed by atoms with Gasteiger partial charge in [0.15, 0.2) is 0 Å². The van der Waals surface area contributed by atoms with Crippen molar-refractivity contribution < 1.29 is 9.90 Å². The third-order valence-electron chi connectivity index (χ3n) is 1.31. The molecule has 6 heteroatoms. The SMILES string of the molecule is N[C@@H](Cc1cc(=O)[nH]s1)C(=O)O. The van der Waals surface area contributed by atoms with Gasteiger partial charge in [0.2, 0.25) is 0 Å². The molecular formula is C6H8N2O3S. The Morgan fingerprint density at radius 2 is 2.50 bits per heavy atom. The number of hydrogen-bond donors (Lipinski definition) is 3. The van der Waals surface area contributed by atoms with Gasteiger partial charge in [-0.15, -0.1) is 0 Å². The molecule has 0 amide bonds. The van der Waals surface area contributed by atoms with Crippen LogP contribution in [0.5, 0.6) is 0 Å². The van der Waals surface area contributed by atoms with Crippen LogP contribution in [0, 0.1) is 0 Å². The number of hydrogen-bond acceptors (Lipinski definition) is 4. The minimum Gasteiger partial charge on any atom is -0.480 e. The Balaban J connectivity index is 2.64. The first kappa shape index (κ1) is 8.95. The van der Waals surface area contributed by atoms with Gasteiger partial charge in [-0.3, -0.25) is 14.0 Å². The Morgan fingerprint density at radius 3 is 2.92 bits per heavy atom. The van der Waals surface area contributed by atoms with Crippen LogP contribution in [0.2, 0.25) is 0 Å². The predicted molar refractivity (Wildman–Crippen MR) is 44.3 cm³/mol. The van der Waals surface area contributed by atoms with E-state index in [-0.39, 0.29) is 12.0 Å². The Morgan fingerprint density at radius 1 is 1.83 bits per heavy atom. The van der Waals surface area contributed by atoms with E-state index < -0.39 is 12.0 Å². The monoisotopic (exact) mass is 188 g/mol. The van der Waals surface area contributed by atoms with Gasteiger partial charge in [-0.2, -0.15) is 0 Å². The van der Waals surface area contributed by atoms with Crippen LogP contribution in [0.3, 0.4) is 0 Å². The van der Waals surface area contributed by atoms with Crippen LogP contribution in [0.4, 0.5) is 0 Å². The van der Waals surface area contributed by atoms with Gasteiger partial charge in [0, 0.05) is 17.4 Å². The fraction of sp³-hybridized carbons (Fsp3) is 0.333. The summed E-state index contributed by atoms with van der Waals surface area (Å²) in [4.78, 5) is 21.6. The van der Waals surface area contributed by atoms with Crippen LogP contribution in [0.1, 0.15) is 4.88 Å². The van der Waals surface area contributed by atoms with Crippen molar-refractivity contribution in [1.29, 1.82) is 0 Å². The molecule has 1 rings (SSSR count). The Labute approximate surface area is 72.0 Å². The van der Waals surface area contributed by atoms with E-state index >= 15 is 0 Å². The van der Waals surface area contributed by atoms with Crippen molar-refractivity contribution in [2.45, 2.75) is 12.5 Å². The zero-order valence-electron chi connectivity index (χ0n) is 6.11. The molecule has 1 aromatic heterocycles. The van der Waals surface area contributed by atoms with Crippen molar-refractivity contribution in [3.63, 3.8) is 0 Å². The smallest absolute Gasteiger partial charge is 0.320 e. The molecule has 0 bridgehead atoms. The van der Waals surface area contributed by atoms with Gasteiger partial charge in [0.1, 0.15) is 6.04 Å². The van der Waals surface area contributed by atoms with Crippen LogP contribution in [0.25, 0.3) is 0 Å². The summed E-state index contributed by atoms with van der Waals surface area (Å²) < 4.78 is 2.45. The average Bonchev–Trinajstić information content (AvgIpc) is 2.35. The summed E-state index contributed by atoms with van der Waals surface area (Å²) in [7, 11) is 0. The van der Waals surface area contributed by atoms with E-state index in [4.69, 9.17) is 10.8 Å². The van der Waals surface area contributed by atoms with E-state index in [2.05, 4.69) is 4.37 Å². The quantitative estimate of drug-likeness (QED) is 0.589. The molecule has 0 aromatic carbocycles. The van der Waals surface area contributed by atoms with Crippen LogP contribution in [0.15, 0.2) is 10.9 Å². The van der Waals surface area contributed by atoms with Crippen molar-refractivity contribution in [3.05, 3.63) is 21.3 Å². The largest absolute Gasteiger partial charge is 0.480 e. The molecule has 66 valence electrons. The standard InChI is InChI=1S/C6H8N2O3S/c7-4(6(10)11)1-3-2-5(9)8-12-3/h2,4H,1,7H2,(H,8,9)(H,10,11)/t4-/m0/s1. The van der Waals surface area contributed by atoms with Gasteiger partial charge in [0.25, 0.3) is 5.56 Å². The maximum absolute atomic E-state index is 10.6. The molecule has 0 saturated heterocycles. The average molecular weight is 188 g/mol. The van der Waals surface area contributed by atoms with E-state index in [1.165, 1.54) is 6.07 Å². The molecule has 0 radical (unpaired) electrons. The third kappa shape index (κ3) is 2.18. The molecule has 4 N–H and O–H groups in total. The molecule has 0 aliphatic rings. The van der Waals surface area contributed by atoms with Gasteiger partial charge in [0.05, 0.1) is 0 Å².